The highest BCUT2D eigenvalue weighted by Gasteiger charge is 2.40. The molecule has 13 N–H and O–H groups in total. The first-order chi connectivity index (χ1) is 29.9. The van der Waals surface area contributed by atoms with Crippen LogP contribution in [0.3, 0.4) is 0 Å². The van der Waals surface area contributed by atoms with Gasteiger partial charge in [0.25, 0.3) is 0 Å². The zero-order valence-corrected chi connectivity index (χ0v) is 34.2. The van der Waals surface area contributed by atoms with E-state index in [0.29, 0.717) is 11.3 Å². The zero-order valence-electron chi connectivity index (χ0n) is 34.2. The molecule has 22 nitrogen and oxygen atoms in total. The van der Waals surface area contributed by atoms with E-state index in [0.717, 1.165) is 22.6 Å². The number of nitrogens with one attached hydrogen (secondary N) is 5. The molecule has 1 fully saturated rings. The Morgan fingerprint density at radius 2 is 1.48 bits per heavy atom. The summed E-state index contributed by atoms with van der Waals surface area (Å²) in [6.45, 7) is 0.644. The Bertz CT molecular complexity index is 2170. The molecule has 1 saturated heterocycles. The molecule has 0 saturated carbocycles. The zero-order chi connectivity index (χ0) is 46.4. The van der Waals surface area contributed by atoms with Crippen LogP contribution < -0.4 is 38.1 Å². The third-order valence-electron chi connectivity index (χ3n) is 10.3. The molecule has 6 amide bonds. The molecule has 1 aliphatic rings. The van der Waals surface area contributed by atoms with Gasteiger partial charge in [-0.1, -0.05) is 36.4 Å². The lowest BCUT2D eigenvalue weighted by atomic mass is 10.0. The first kappa shape index (κ1) is 48.3. The minimum absolute atomic E-state index is 0.00786. The first-order valence-electron chi connectivity index (χ1n) is 19.8. The van der Waals surface area contributed by atoms with Crippen molar-refractivity contribution in [2.24, 2.45) is 5.73 Å². The van der Waals surface area contributed by atoms with E-state index < -0.39 is 120 Å². The second kappa shape index (κ2) is 22.5. The van der Waals surface area contributed by atoms with Gasteiger partial charge in [0.05, 0.1) is 17.6 Å². The number of nitro benzene ring substituents is 1. The number of carbonyl (C=O) groups is 7. The molecule has 1 aliphatic heterocycles. The monoisotopic (exact) mass is 877 g/mol. The molecule has 0 radical (unpaired) electrons. The number of likely N-dealkylation sites (tertiary alicyclic amines) is 1. The number of carboxylic acids is 1. The maximum atomic E-state index is 13.8. The van der Waals surface area contributed by atoms with Gasteiger partial charge >= 0.3 is 11.7 Å². The summed E-state index contributed by atoms with van der Waals surface area (Å²) in [4.78, 5) is 103. The topological polar surface area (TPSA) is 359 Å². The standard InChI is InChI=1S/C41H51N9O13/c1-22(45-38(58)29(17-23-8-11-26(52)12-9-23)44-20-25-5-2-3-6-27(25)42)37(57)48-31(21-51)41(61)49-16-4-7-32(49)40(60)47-30(18-24-10-14-34(53)33(19-24)50(62)63)39(59)46-28(36(43)56)13-15-35(54)55/h2-3,5-6,8-12,14,19,22,28-32,44,51-53H,4,7,13,15-18,20-21,42H2,1H3,(H2,43,56)(H,45,58)(H,46,59)(H,47,60)(H,48,57)(H,54,55)/t22-,28-,29-,30-,31-,32-/m0/s1. The van der Waals surface area contributed by atoms with E-state index in [1.165, 1.54) is 25.1 Å². The van der Waals surface area contributed by atoms with Gasteiger partial charge in [0.2, 0.25) is 35.4 Å². The summed E-state index contributed by atoms with van der Waals surface area (Å²) in [6, 6.07) is 8.42. The number of nitrogens with two attached hydrogens (primary N) is 2. The average Bonchev–Trinajstić information content (AvgIpc) is 3.74. The lowest BCUT2D eigenvalue weighted by Gasteiger charge is -2.30. The van der Waals surface area contributed by atoms with E-state index in [2.05, 4.69) is 26.6 Å². The highest BCUT2D eigenvalue weighted by atomic mass is 16.6. The number of carbonyl (C=O) groups excluding carboxylic acids is 6. The molecular weight excluding hydrogens is 827 g/mol. The predicted octanol–water partition coefficient (Wildman–Crippen LogP) is -1.18. The highest BCUT2D eigenvalue weighted by Crippen LogP contribution is 2.27. The molecule has 0 aliphatic carbocycles. The van der Waals surface area contributed by atoms with Crippen LogP contribution in [0, 0.1) is 10.1 Å². The number of para-hydroxylation sites is 1. The number of nitrogen functional groups attached to an aromatic ring is 1. The van der Waals surface area contributed by atoms with Gasteiger partial charge in [-0.25, -0.2) is 0 Å². The number of primary amides is 1. The van der Waals surface area contributed by atoms with Crippen LogP contribution in [0.1, 0.15) is 49.3 Å². The Labute approximate surface area is 360 Å². The maximum Gasteiger partial charge on any atom is 0.310 e. The van der Waals surface area contributed by atoms with E-state index >= 15 is 0 Å². The number of aliphatic hydroxyl groups excluding tert-OH is 1. The summed E-state index contributed by atoms with van der Waals surface area (Å²) in [5, 5.41) is 63.4. The molecule has 3 aromatic rings. The number of carboxylic acid groups (broad SMARTS) is 1. The largest absolute Gasteiger partial charge is 0.508 e. The van der Waals surface area contributed by atoms with Gasteiger partial charge in [0.1, 0.15) is 36.0 Å². The number of aromatic hydroxyl groups is 2. The van der Waals surface area contributed by atoms with Crippen LogP contribution in [0.15, 0.2) is 66.7 Å². The number of hydrogen-bond acceptors (Lipinski definition) is 14. The second-order valence-electron chi connectivity index (χ2n) is 14.9. The van der Waals surface area contributed by atoms with Gasteiger partial charge in [0.15, 0.2) is 5.75 Å². The van der Waals surface area contributed by atoms with Crippen LogP contribution in [-0.2, 0) is 52.9 Å². The highest BCUT2D eigenvalue weighted by molar-refractivity contribution is 5.97. The second-order valence-corrected chi connectivity index (χ2v) is 14.9. The Hall–Kier alpha value is -7.33. The molecule has 3 aromatic carbocycles. The Balaban J connectivity index is 1.46. The fourth-order valence-electron chi connectivity index (χ4n) is 6.80. The number of anilines is 1. The van der Waals surface area contributed by atoms with Crippen LogP contribution in [0.5, 0.6) is 11.5 Å². The number of amides is 6. The minimum atomic E-state index is -1.58. The molecule has 1 heterocycles. The van der Waals surface area contributed by atoms with Gasteiger partial charge in [-0.2, -0.15) is 0 Å². The number of hydrogen-bond donors (Lipinski definition) is 11. The SMILES string of the molecule is C[C@H](NC(=O)[C@H](Cc1ccc(O)cc1)NCc1ccccc1N)C(=O)N[C@@H](CO)C(=O)N1CCC[C@H]1C(=O)N[C@@H](Cc1ccc(O)c([N+](=O)[O-])c1)C(=O)N[C@@H](CCC(=O)O)C(N)=O. The van der Waals surface area contributed by atoms with Crippen LogP contribution in [0.25, 0.3) is 0 Å². The number of nitro groups is 1. The fraction of sp³-hybridized carbons (Fsp3) is 0.390. The van der Waals surface area contributed by atoms with Crippen molar-refractivity contribution in [1.82, 2.24) is 31.5 Å². The summed E-state index contributed by atoms with van der Waals surface area (Å²) >= 11 is 0. The molecule has 338 valence electrons. The van der Waals surface area contributed by atoms with Crippen molar-refractivity contribution >= 4 is 52.8 Å². The first-order valence-corrected chi connectivity index (χ1v) is 19.8. The van der Waals surface area contributed by atoms with Gasteiger partial charge in [-0.05, 0) is 73.6 Å². The van der Waals surface area contributed by atoms with Crippen molar-refractivity contribution in [3.63, 3.8) is 0 Å². The Kier molecular flexibility index (Phi) is 17.3. The molecule has 22 heteroatoms. The normalized spacial score (nSPS) is 15.8. The predicted molar refractivity (Wildman–Crippen MR) is 223 cm³/mol. The van der Waals surface area contributed by atoms with Crippen molar-refractivity contribution < 1.29 is 58.9 Å². The van der Waals surface area contributed by atoms with Crippen molar-refractivity contribution in [2.45, 2.75) is 88.2 Å². The van der Waals surface area contributed by atoms with Gasteiger partial charge in [-0.15, -0.1) is 0 Å². The van der Waals surface area contributed by atoms with Crippen molar-refractivity contribution in [1.29, 1.82) is 0 Å². The molecule has 0 aromatic heterocycles. The van der Waals surface area contributed by atoms with Crippen molar-refractivity contribution in [3.05, 3.63) is 93.5 Å². The van der Waals surface area contributed by atoms with Gasteiger partial charge < -0.3 is 63.4 Å². The summed E-state index contributed by atoms with van der Waals surface area (Å²) in [6.07, 6.45) is -0.880. The van der Waals surface area contributed by atoms with Crippen molar-refractivity contribution in [3.8, 4) is 11.5 Å². The fourth-order valence-corrected chi connectivity index (χ4v) is 6.80. The third-order valence-corrected chi connectivity index (χ3v) is 10.3. The number of nitrogens with zero attached hydrogens (tertiary/aromatic N) is 2. The lowest BCUT2D eigenvalue weighted by Crippen LogP contribution is -2.60. The summed E-state index contributed by atoms with van der Waals surface area (Å²) in [7, 11) is 0. The number of phenols is 2. The molecule has 4 rings (SSSR count). The summed E-state index contributed by atoms with van der Waals surface area (Å²) < 4.78 is 0. The van der Waals surface area contributed by atoms with Crippen molar-refractivity contribution in [2.75, 3.05) is 18.9 Å². The van der Waals surface area contributed by atoms with E-state index in [4.69, 9.17) is 16.6 Å². The minimum Gasteiger partial charge on any atom is -0.508 e. The van der Waals surface area contributed by atoms with E-state index in [1.54, 1.807) is 36.4 Å². The van der Waals surface area contributed by atoms with Gasteiger partial charge in [-0.3, -0.25) is 43.7 Å². The molecule has 0 unspecified atom stereocenters. The molecular formula is C41H51N9O13. The number of rotatable bonds is 22. The Morgan fingerprint density at radius 3 is 2.11 bits per heavy atom. The number of phenolic OH excluding ortho intramolecular Hbond substituents is 2. The average molecular weight is 878 g/mol. The third kappa shape index (κ3) is 13.8. The lowest BCUT2D eigenvalue weighted by molar-refractivity contribution is -0.385. The van der Waals surface area contributed by atoms with Crippen LogP contribution in [0.2, 0.25) is 0 Å². The van der Waals surface area contributed by atoms with Crippen LogP contribution in [-0.4, -0.2) is 121 Å². The van der Waals surface area contributed by atoms with E-state index in [1.807, 2.05) is 0 Å². The van der Waals surface area contributed by atoms with Crippen LogP contribution >= 0.6 is 0 Å². The molecule has 0 spiro atoms. The molecule has 6 atom stereocenters. The number of benzene rings is 3. The summed E-state index contributed by atoms with van der Waals surface area (Å²) in [5.74, 6) is -7.22. The number of aliphatic carboxylic acids is 1. The smallest absolute Gasteiger partial charge is 0.310 e. The summed E-state index contributed by atoms with van der Waals surface area (Å²) in [5.41, 5.74) is 12.8. The van der Waals surface area contributed by atoms with E-state index in [9.17, 15) is 59.0 Å². The van der Waals surface area contributed by atoms with E-state index in [-0.39, 0.29) is 43.7 Å². The van der Waals surface area contributed by atoms with Crippen LogP contribution in [0.4, 0.5) is 11.4 Å². The maximum absolute atomic E-state index is 13.8. The van der Waals surface area contributed by atoms with Gasteiger partial charge in [0, 0.05) is 37.7 Å². The molecule has 0 bridgehead atoms. The quantitative estimate of drug-likeness (QED) is 0.0322. The Morgan fingerprint density at radius 1 is 0.841 bits per heavy atom. The number of aliphatic hydroxyl groups is 1. The molecule has 63 heavy (non-hydrogen) atoms.